The number of nitrogens with one attached hydrogen (secondary N) is 1. The molecule has 44 heavy (non-hydrogen) atoms. The van der Waals surface area contributed by atoms with Gasteiger partial charge >= 0.3 is 0 Å². The molecular weight excluding hydrogens is 581 g/mol. The number of nitrogens with zero attached hydrogens (tertiary/aromatic N) is 2. The van der Waals surface area contributed by atoms with Gasteiger partial charge in [0.2, 0.25) is 21.8 Å². The van der Waals surface area contributed by atoms with Gasteiger partial charge in [0.25, 0.3) is 0 Å². The van der Waals surface area contributed by atoms with E-state index in [4.69, 9.17) is 4.74 Å². The van der Waals surface area contributed by atoms with Crippen LogP contribution in [0.5, 0.6) is 5.75 Å². The number of sulfonamides is 1. The van der Waals surface area contributed by atoms with Crippen molar-refractivity contribution in [1.29, 1.82) is 0 Å². The van der Waals surface area contributed by atoms with E-state index in [0.29, 0.717) is 23.6 Å². The summed E-state index contributed by atoms with van der Waals surface area (Å²) in [5.41, 5.74) is 1.57. The van der Waals surface area contributed by atoms with Gasteiger partial charge in [0.15, 0.2) is 0 Å². The monoisotopic (exact) mass is 623 g/mol. The maximum atomic E-state index is 14.9. The first-order chi connectivity index (χ1) is 21.2. The lowest BCUT2D eigenvalue weighted by molar-refractivity contribution is -0.141. The number of carbonyl (C=O) groups excluding carboxylic acids is 2. The first kappa shape index (κ1) is 33.0. The Labute approximate surface area is 260 Å². The molecule has 1 saturated carbocycles. The number of ether oxygens (including phenoxy) is 1. The summed E-state index contributed by atoms with van der Waals surface area (Å²) >= 11 is 0. The molecule has 0 aromatic heterocycles. The van der Waals surface area contributed by atoms with Crippen LogP contribution in [0.15, 0.2) is 78.9 Å². The Morgan fingerprint density at radius 3 is 2.32 bits per heavy atom. The number of benzene rings is 3. The summed E-state index contributed by atoms with van der Waals surface area (Å²) in [5.74, 6) is -0.661. The number of hydrogen-bond acceptors (Lipinski definition) is 5. The fourth-order valence-electron chi connectivity index (χ4n) is 5.65. The number of rotatable bonds is 15. The molecule has 2 amide bonds. The molecule has 1 N–H and O–H groups in total. The number of hydrogen-bond donors (Lipinski definition) is 1. The first-order valence-electron chi connectivity index (χ1n) is 15.2. The van der Waals surface area contributed by atoms with Gasteiger partial charge in [-0.3, -0.25) is 13.9 Å². The average Bonchev–Trinajstić information content (AvgIpc) is 3.51. The highest BCUT2D eigenvalue weighted by Gasteiger charge is 2.33. The van der Waals surface area contributed by atoms with E-state index in [-0.39, 0.29) is 50.2 Å². The quantitative estimate of drug-likeness (QED) is 0.242. The third-order valence-corrected chi connectivity index (χ3v) is 9.04. The SMILES string of the molecule is CCOc1ccccc1N(CCCC(=O)N(Cc1ccccc1F)[C@@H](Cc1ccccc1)C(=O)NC1CCCC1)S(C)(=O)=O. The average molecular weight is 624 g/mol. The van der Waals surface area contributed by atoms with Crippen molar-refractivity contribution < 1.29 is 27.1 Å². The van der Waals surface area contributed by atoms with Crippen molar-refractivity contribution in [1.82, 2.24) is 10.2 Å². The van der Waals surface area contributed by atoms with Crippen LogP contribution in [0.3, 0.4) is 0 Å². The Hall–Kier alpha value is -3.92. The minimum absolute atomic E-state index is 0.0276. The molecule has 1 aliphatic carbocycles. The van der Waals surface area contributed by atoms with Crippen LogP contribution in [0.4, 0.5) is 10.1 Å². The molecule has 0 radical (unpaired) electrons. The molecule has 3 aromatic carbocycles. The third kappa shape index (κ3) is 9.05. The second-order valence-electron chi connectivity index (χ2n) is 11.1. The lowest BCUT2D eigenvalue weighted by atomic mass is 10.0. The van der Waals surface area contributed by atoms with E-state index in [1.165, 1.54) is 15.3 Å². The Balaban J connectivity index is 1.60. The predicted molar refractivity (Wildman–Crippen MR) is 170 cm³/mol. The van der Waals surface area contributed by atoms with Gasteiger partial charge in [-0.2, -0.15) is 0 Å². The molecule has 0 bridgehead atoms. The Bertz CT molecular complexity index is 1500. The fraction of sp³-hybridized carbons (Fsp3) is 0.412. The predicted octanol–water partition coefficient (Wildman–Crippen LogP) is 5.47. The van der Waals surface area contributed by atoms with Crippen LogP contribution in [0.25, 0.3) is 0 Å². The summed E-state index contributed by atoms with van der Waals surface area (Å²) < 4.78 is 47.4. The lowest BCUT2D eigenvalue weighted by Gasteiger charge is -2.33. The molecule has 8 nitrogen and oxygen atoms in total. The van der Waals surface area contributed by atoms with E-state index in [1.54, 1.807) is 42.5 Å². The molecule has 1 atom stereocenters. The molecule has 0 spiro atoms. The highest BCUT2D eigenvalue weighted by Crippen LogP contribution is 2.30. The van der Waals surface area contributed by atoms with Gasteiger partial charge < -0.3 is 15.0 Å². The highest BCUT2D eigenvalue weighted by atomic mass is 32.2. The van der Waals surface area contributed by atoms with Crippen molar-refractivity contribution in [3.63, 3.8) is 0 Å². The molecule has 3 aromatic rings. The van der Waals surface area contributed by atoms with Gasteiger partial charge in [-0.05, 0) is 49.9 Å². The molecule has 0 heterocycles. The van der Waals surface area contributed by atoms with Crippen LogP contribution in [0, 0.1) is 5.82 Å². The second kappa shape index (κ2) is 15.7. The van der Waals surface area contributed by atoms with Crippen LogP contribution in [0.2, 0.25) is 0 Å². The number of halogens is 1. The maximum absolute atomic E-state index is 14.9. The summed E-state index contributed by atoms with van der Waals surface area (Å²) in [6.07, 6.45) is 5.36. The first-order valence-corrected chi connectivity index (χ1v) is 17.1. The van der Waals surface area contributed by atoms with Crippen molar-refractivity contribution in [2.45, 2.75) is 70.5 Å². The van der Waals surface area contributed by atoms with Gasteiger partial charge in [-0.25, -0.2) is 12.8 Å². The van der Waals surface area contributed by atoms with Gasteiger partial charge in [-0.15, -0.1) is 0 Å². The molecule has 0 saturated heterocycles. The van der Waals surface area contributed by atoms with Crippen LogP contribution < -0.4 is 14.4 Å². The standard InChI is InChI=1S/C34H42FN3O5S/c1-3-43-32-21-12-11-20-30(32)38(44(2,41)42)23-13-22-33(39)37(25-27-16-7-10-19-29(27)35)31(24-26-14-5-4-6-15-26)34(40)36-28-17-8-9-18-28/h4-7,10-12,14-16,19-21,28,31H,3,8-9,13,17-18,22-25H2,1-2H3,(H,36,40)/t31-/m0/s1. The minimum Gasteiger partial charge on any atom is -0.492 e. The van der Waals surface area contributed by atoms with Crippen LogP contribution >= 0.6 is 0 Å². The number of para-hydroxylation sites is 2. The number of carbonyl (C=O) groups is 2. The Kier molecular flexibility index (Phi) is 11.8. The van der Waals surface area contributed by atoms with Crippen LogP contribution in [-0.4, -0.2) is 56.6 Å². The minimum atomic E-state index is -3.70. The van der Waals surface area contributed by atoms with E-state index in [9.17, 15) is 22.4 Å². The Morgan fingerprint density at radius 2 is 1.64 bits per heavy atom. The molecule has 236 valence electrons. The summed E-state index contributed by atoms with van der Waals surface area (Å²) in [6, 6.07) is 21.7. The largest absolute Gasteiger partial charge is 0.492 e. The summed E-state index contributed by atoms with van der Waals surface area (Å²) in [5, 5.41) is 3.14. The molecule has 10 heteroatoms. The molecule has 1 fully saturated rings. The van der Waals surface area contributed by atoms with Crippen molar-refractivity contribution in [2.24, 2.45) is 0 Å². The zero-order chi connectivity index (χ0) is 31.5. The molecule has 4 rings (SSSR count). The maximum Gasteiger partial charge on any atom is 0.243 e. The van der Waals surface area contributed by atoms with Crippen molar-refractivity contribution in [3.05, 3.63) is 95.8 Å². The van der Waals surface area contributed by atoms with Crippen molar-refractivity contribution in [3.8, 4) is 5.75 Å². The van der Waals surface area contributed by atoms with E-state index in [1.807, 2.05) is 37.3 Å². The van der Waals surface area contributed by atoms with Crippen LogP contribution in [0.1, 0.15) is 56.6 Å². The third-order valence-electron chi connectivity index (χ3n) is 7.86. The summed E-state index contributed by atoms with van der Waals surface area (Å²) in [7, 11) is -3.70. The van der Waals surface area contributed by atoms with Crippen LogP contribution in [-0.2, 0) is 32.6 Å². The van der Waals surface area contributed by atoms with E-state index in [0.717, 1.165) is 37.5 Å². The fourth-order valence-corrected chi connectivity index (χ4v) is 6.62. The Morgan fingerprint density at radius 1 is 0.977 bits per heavy atom. The van der Waals surface area contributed by atoms with Gasteiger partial charge in [0.1, 0.15) is 17.6 Å². The second-order valence-corrected chi connectivity index (χ2v) is 13.1. The zero-order valence-corrected chi connectivity index (χ0v) is 26.3. The van der Waals surface area contributed by atoms with E-state index in [2.05, 4.69) is 5.32 Å². The number of anilines is 1. The summed E-state index contributed by atoms with van der Waals surface area (Å²) in [4.78, 5) is 29.3. The smallest absolute Gasteiger partial charge is 0.243 e. The van der Waals surface area contributed by atoms with E-state index < -0.39 is 21.9 Å². The van der Waals surface area contributed by atoms with E-state index >= 15 is 0 Å². The van der Waals surface area contributed by atoms with Gasteiger partial charge in [-0.1, -0.05) is 73.5 Å². The highest BCUT2D eigenvalue weighted by molar-refractivity contribution is 7.92. The summed E-state index contributed by atoms with van der Waals surface area (Å²) in [6.45, 7) is 2.12. The van der Waals surface area contributed by atoms with Gasteiger partial charge in [0, 0.05) is 37.5 Å². The lowest BCUT2D eigenvalue weighted by Crippen LogP contribution is -2.52. The molecule has 0 unspecified atom stereocenters. The number of amides is 2. The molecule has 0 aliphatic heterocycles. The van der Waals surface area contributed by atoms with Crippen molar-refractivity contribution >= 4 is 27.5 Å². The molecular formula is C34H42FN3O5S. The van der Waals surface area contributed by atoms with Crippen molar-refractivity contribution in [2.75, 3.05) is 23.7 Å². The normalized spacial score (nSPS) is 14.2. The zero-order valence-electron chi connectivity index (χ0n) is 25.5. The topological polar surface area (TPSA) is 96.0 Å². The molecule has 1 aliphatic rings. The van der Waals surface area contributed by atoms with Gasteiger partial charge in [0.05, 0.1) is 18.6 Å².